The van der Waals surface area contributed by atoms with Crippen LogP contribution in [-0.2, 0) is 22.7 Å². The summed E-state index contributed by atoms with van der Waals surface area (Å²) in [5, 5.41) is 4.32. The van der Waals surface area contributed by atoms with Gasteiger partial charge in [0.25, 0.3) is 11.5 Å². The number of anilines is 2. The molecule has 1 atom stereocenters. The smallest absolute Gasteiger partial charge is 0.281 e. The first-order valence-electron chi connectivity index (χ1n) is 11.3. The summed E-state index contributed by atoms with van der Waals surface area (Å²) in [4.78, 5) is 31.8. The number of nitrogens with one attached hydrogen (secondary N) is 1. The molecule has 7 nitrogen and oxygen atoms in total. The molecule has 0 spiro atoms. The van der Waals surface area contributed by atoms with Gasteiger partial charge in [0.1, 0.15) is 11.6 Å². The largest absolute Gasteiger partial charge is 0.412 e. The number of fused-ring (bicyclic) bond motifs is 1. The maximum absolute atomic E-state index is 14.5. The van der Waals surface area contributed by atoms with Gasteiger partial charge >= 0.3 is 0 Å². The van der Waals surface area contributed by atoms with E-state index in [1.165, 1.54) is 21.8 Å². The molecule has 3 rings (SSSR count). The van der Waals surface area contributed by atoms with E-state index >= 15 is 0 Å². The lowest BCUT2D eigenvalue weighted by Crippen LogP contribution is -2.46. The Kier molecular flexibility index (Phi) is 7.76. The first kappa shape index (κ1) is 26.6. The zero-order chi connectivity index (χ0) is 25.4. The SMILES string of the molecule is C[C@H](CON1CCc2cc(=O)n(C)c(Nc3ccc(Br)cc3F)c2C1=O)O[Si](C)(C)C(C)(C)C. The number of amides is 1. The van der Waals surface area contributed by atoms with Crippen molar-refractivity contribution in [2.24, 2.45) is 7.05 Å². The topological polar surface area (TPSA) is 72.8 Å². The summed E-state index contributed by atoms with van der Waals surface area (Å²) in [7, 11) is -0.430. The highest BCUT2D eigenvalue weighted by molar-refractivity contribution is 9.10. The number of hydroxylamine groups is 2. The van der Waals surface area contributed by atoms with Gasteiger partial charge in [0.05, 0.1) is 30.5 Å². The Morgan fingerprint density at radius 1 is 1.24 bits per heavy atom. The summed E-state index contributed by atoms with van der Waals surface area (Å²) in [6.45, 7) is 13.3. The fourth-order valence-corrected chi connectivity index (χ4v) is 5.29. The Hall–Kier alpha value is -2.01. The highest BCUT2D eigenvalue weighted by Crippen LogP contribution is 2.37. The number of rotatable bonds is 7. The van der Waals surface area contributed by atoms with Gasteiger partial charge in [-0.15, -0.1) is 0 Å². The van der Waals surface area contributed by atoms with Gasteiger partial charge in [0, 0.05) is 17.6 Å². The molecule has 0 fully saturated rings. The maximum Gasteiger partial charge on any atom is 0.281 e. The molecule has 10 heteroatoms. The van der Waals surface area contributed by atoms with Gasteiger partial charge in [0.15, 0.2) is 8.32 Å². The summed E-state index contributed by atoms with van der Waals surface area (Å²) in [6, 6.07) is 6.00. The van der Waals surface area contributed by atoms with Crippen LogP contribution in [0.5, 0.6) is 0 Å². The van der Waals surface area contributed by atoms with Crippen LogP contribution in [0.3, 0.4) is 0 Å². The van der Waals surface area contributed by atoms with E-state index in [2.05, 4.69) is 55.1 Å². The van der Waals surface area contributed by atoms with E-state index in [-0.39, 0.29) is 40.7 Å². The molecule has 186 valence electrons. The molecule has 1 aliphatic rings. The summed E-state index contributed by atoms with van der Waals surface area (Å²) in [5.74, 6) is -0.656. The fourth-order valence-electron chi connectivity index (χ4n) is 3.53. The minimum Gasteiger partial charge on any atom is -0.412 e. The van der Waals surface area contributed by atoms with E-state index in [1.54, 1.807) is 19.2 Å². The number of pyridine rings is 1. The van der Waals surface area contributed by atoms with Crippen LogP contribution < -0.4 is 10.9 Å². The van der Waals surface area contributed by atoms with Crippen LogP contribution in [0.1, 0.15) is 43.6 Å². The third-order valence-corrected chi connectivity index (χ3v) is 11.6. The van der Waals surface area contributed by atoms with Crippen LogP contribution in [0.2, 0.25) is 18.1 Å². The molecule has 0 aliphatic carbocycles. The molecule has 34 heavy (non-hydrogen) atoms. The number of hydrogen-bond donors (Lipinski definition) is 1. The van der Waals surface area contributed by atoms with Crippen molar-refractivity contribution in [3.8, 4) is 0 Å². The van der Waals surface area contributed by atoms with Crippen LogP contribution in [0.25, 0.3) is 0 Å². The average molecular weight is 555 g/mol. The molecule has 2 aromatic rings. The standard InChI is InChI=1S/C24H33BrFN3O4Si/c1-15(33-34(6,7)24(2,3)4)14-32-29-11-10-16-12-20(30)28(5)22(21(16)23(29)31)27-19-9-8-17(25)13-18(19)26/h8-9,12-13,15,27H,10-11,14H2,1-7H3/t15-/m1/s1. The minimum atomic E-state index is -1.98. The number of aromatic nitrogens is 1. The molecule has 0 bridgehead atoms. The third-order valence-electron chi connectivity index (χ3n) is 6.50. The molecule has 0 unspecified atom stereocenters. The Morgan fingerprint density at radius 3 is 2.53 bits per heavy atom. The summed E-state index contributed by atoms with van der Waals surface area (Å²) in [6.07, 6.45) is 0.260. The van der Waals surface area contributed by atoms with Crippen molar-refractivity contribution in [2.45, 2.75) is 58.4 Å². The van der Waals surface area contributed by atoms with E-state index in [9.17, 15) is 14.0 Å². The summed E-state index contributed by atoms with van der Waals surface area (Å²) >= 11 is 3.23. The van der Waals surface area contributed by atoms with Crippen molar-refractivity contribution in [1.29, 1.82) is 0 Å². The molecule has 1 aromatic carbocycles. The second-order valence-electron chi connectivity index (χ2n) is 10.2. The quantitative estimate of drug-likeness (QED) is 0.466. The highest BCUT2D eigenvalue weighted by atomic mass is 79.9. The van der Waals surface area contributed by atoms with Crippen molar-refractivity contribution >= 4 is 41.7 Å². The maximum atomic E-state index is 14.5. The lowest BCUT2D eigenvalue weighted by Gasteiger charge is -2.38. The van der Waals surface area contributed by atoms with E-state index in [0.717, 1.165) is 0 Å². The average Bonchev–Trinajstić information content (AvgIpc) is 2.71. The number of hydrogen-bond acceptors (Lipinski definition) is 5. The lowest BCUT2D eigenvalue weighted by molar-refractivity contribution is -0.142. The van der Waals surface area contributed by atoms with E-state index in [4.69, 9.17) is 9.26 Å². The fraction of sp³-hybridized carbons (Fsp3) is 0.500. The number of carbonyl (C=O) groups excluding carboxylic acids is 1. The Balaban J connectivity index is 1.83. The minimum absolute atomic E-state index is 0.0643. The van der Waals surface area contributed by atoms with Gasteiger partial charge in [-0.05, 0) is 55.2 Å². The molecular formula is C24H33BrFN3O4Si. The Bertz CT molecular complexity index is 1150. The van der Waals surface area contributed by atoms with Gasteiger partial charge in [-0.3, -0.25) is 19.0 Å². The molecule has 1 N–H and O–H groups in total. The molecule has 2 heterocycles. The van der Waals surface area contributed by atoms with Crippen LogP contribution in [0.4, 0.5) is 15.9 Å². The van der Waals surface area contributed by atoms with E-state index in [1.807, 2.05) is 6.92 Å². The highest BCUT2D eigenvalue weighted by Gasteiger charge is 2.39. The molecular weight excluding hydrogens is 521 g/mol. The van der Waals surface area contributed by atoms with Crippen LogP contribution in [-0.4, -0.2) is 43.1 Å². The third kappa shape index (κ3) is 5.62. The first-order valence-corrected chi connectivity index (χ1v) is 15.0. The van der Waals surface area contributed by atoms with Crippen molar-refractivity contribution < 1.29 is 18.4 Å². The first-order chi connectivity index (χ1) is 15.7. The monoisotopic (exact) mass is 553 g/mol. The lowest BCUT2D eigenvalue weighted by atomic mass is 10.0. The zero-order valence-electron chi connectivity index (χ0n) is 20.8. The zero-order valence-corrected chi connectivity index (χ0v) is 23.4. The second kappa shape index (κ2) is 9.92. The number of halogens is 2. The van der Waals surface area contributed by atoms with Crippen molar-refractivity contribution in [2.75, 3.05) is 18.5 Å². The van der Waals surface area contributed by atoms with Gasteiger partial charge in [0.2, 0.25) is 0 Å². The number of carbonyl (C=O) groups is 1. The van der Waals surface area contributed by atoms with Gasteiger partial charge in [-0.25, -0.2) is 9.45 Å². The van der Waals surface area contributed by atoms with E-state index < -0.39 is 14.1 Å². The summed E-state index contributed by atoms with van der Waals surface area (Å²) < 4.78 is 22.7. The Labute approximate surface area is 209 Å². The van der Waals surface area contributed by atoms with E-state index in [0.29, 0.717) is 28.6 Å². The van der Waals surface area contributed by atoms with Crippen molar-refractivity contribution in [1.82, 2.24) is 9.63 Å². The normalized spacial score (nSPS) is 15.3. The van der Waals surface area contributed by atoms with Crippen molar-refractivity contribution in [3.05, 3.63) is 56.0 Å². The second-order valence-corrected chi connectivity index (χ2v) is 15.9. The molecule has 1 aliphatic heterocycles. The van der Waals surface area contributed by atoms with Crippen LogP contribution in [0, 0.1) is 5.82 Å². The van der Waals surface area contributed by atoms with Gasteiger partial charge in [-0.1, -0.05) is 36.7 Å². The van der Waals surface area contributed by atoms with Crippen LogP contribution >= 0.6 is 15.9 Å². The van der Waals surface area contributed by atoms with Gasteiger partial charge < -0.3 is 9.74 Å². The number of benzene rings is 1. The van der Waals surface area contributed by atoms with Crippen LogP contribution in [0.15, 0.2) is 33.5 Å². The molecule has 0 saturated carbocycles. The van der Waals surface area contributed by atoms with Crippen molar-refractivity contribution in [3.63, 3.8) is 0 Å². The van der Waals surface area contributed by atoms with Gasteiger partial charge in [-0.2, -0.15) is 0 Å². The Morgan fingerprint density at radius 2 is 1.91 bits per heavy atom. The molecule has 0 saturated heterocycles. The molecule has 1 amide bonds. The molecule has 1 aromatic heterocycles. The predicted molar refractivity (Wildman–Crippen MR) is 138 cm³/mol. The number of nitrogens with zero attached hydrogens (tertiary/aromatic N) is 2. The molecule has 0 radical (unpaired) electrons. The predicted octanol–water partition coefficient (Wildman–Crippen LogP) is 5.37. The summed E-state index contributed by atoms with van der Waals surface area (Å²) in [5.41, 5.74) is 0.790.